The molecule has 8 nitrogen and oxygen atoms in total. The Kier molecular flexibility index (Phi) is 7.85. The van der Waals surface area contributed by atoms with Crippen molar-refractivity contribution in [3.8, 4) is 0 Å². The zero-order valence-corrected chi connectivity index (χ0v) is 21.6. The monoisotopic (exact) mass is 498 g/mol. The first-order valence-electron chi connectivity index (χ1n) is 13.1. The number of esters is 1. The van der Waals surface area contributed by atoms with Gasteiger partial charge in [-0.25, -0.2) is 0 Å². The molecule has 1 aromatic rings. The number of hydrogen-bond acceptors (Lipinski definition) is 6. The molecule has 3 fully saturated rings. The maximum Gasteiger partial charge on any atom is 0.312 e. The number of benzene rings is 1. The molecule has 5 atom stereocenters. The van der Waals surface area contributed by atoms with Crippen LogP contribution in [0.15, 0.2) is 30.9 Å². The van der Waals surface area contributed by atoms with Crippen molar-refractivity contribution in [3.05, 3.63) is 42.0 Å². The lowest BCUT2D eigenvalue weighted by atomic mass is 9.70. The Bertz CT molecular complexity index is 1030. The molecule has 3 saturated heterocycles. The third kappa shape index (κ3) is 4.34. The van der Waals surface area contributed by atoms with Gasteiger partial charge in [0.15, 0.2) is 0 Å². The van der Waals surface area contributed by atoms with Gasteiger partial charge in [0.1, 0.15) is 11.6 Å². The maximum atomic E-state index is 14.4. The molecular formula is C28H38N2O6. The van der Waals surface area contributed by atoms with Crippen LogP contribution in [0.1, 0.15) is 50.2 Å². The summed E-state index contributed by atoms with van der Waals surface area (Å²) in [5.74, 6) is -2.28. The van der Waals surface area contributed by atoms with Crippen LogP contribution >= 0.6 is 0 Å². The average molecular weight is 499 g/mol. The van der Waals surface area contributed by atoms with E-state index in [1.165, 1.54) is 0 Å². The van der Waals surface area contributed by atoms with E-state index in [9.17, 15) is 19.5 Å². The molecule has 3 heterocycles. The van der Waals surface area contributed by atoms with Crippen molar-refractivity contribution in [1.29, 1.82) is 0 Å². The highest BCUT2D eigenvalue weighted by atomic mass is 16.6. The summed E-state index contributed by atoms with van der Waals surface area (Å²) >= 11 is 0. The number of fused-ring (bicyclic) bond motifs is 1. The smallest absolute Gasteiger partial charge is 0.312 e. The molecule has 0 unspecified atom stereocenters. The summed E-state index contributed by atoms with van der Waals surface area (Å²) in [4.78, 5) is 44.6. The predicted octanol–water partition coefficient (Wildman–Crippen LogP) is 2.92. The lowest BCUT2D eigenvalue weighted by Crippen LogP contribution is -2.56. The van der Waals surface area contributed by atoms with Gasteiger partial charge in [-0.3, -0.25) is 14.4 Å². The molecule has 4 rings (SSSR count). The summed E-state index contributed by atoms with van der Waals surface area (Å²) < 4.78 is 11.8. The number of aliphatic hydroxyl groups is 1. The number of amides is 2. The second-order valence-electron chi connectivity index (χ2n) is 10.2. The number of aryl methyl sites for hydroxylation is 2. The maximum absolute atomic E-state index is 14.4. The largest absolute Gasteiger partial charge is 0.466 e. The van der Waals surface area contributed by atoms with Crippen LogP contribution < -0.4 is 4.90 Å². The average Bonchev–Trinajstić information content (AvgIpc) is 3.49. The lowest BCUT2D eigenvalue weighted by Gasteiger charge is -2.37. The van der Waals surface area contributed by atoms with Crippen molar-refractivity contribution in [2.24, 2.45) is 11.8 Å². The fourth-order valence-electron chi connectivity index (χ4n) is 6.34. The molecule has 1 spiro atoms. The molecular weight excluding hydrogens is 460 g/mol. The van der Waals surface area contributed by atoms with Crippen molar-refractivity contribution in [2.45, 2.75) is 70.6 Å². The Morgan fingerprint density at radius 2 is 2.08 bits per heavy atom. The van der Waals surface area contributed by atoms with Crippen LogP contribution in [0.2, 0.25) is 0 Å². The van der Waals surface area contributed by atoms with Crippen molar-refractivity contribution in [2.75, 3.05) is 31.2 Å². The van der Waals surface area contributed by atoms with Gasteiger partial charge >= 0.3 is 5.97 Å². The second kappa shape index (κ2) is 10.7. The Morgan fingerprint density at radius 3 is 2.78 bits per heavy atom. The van der Waals surface area contributed by atoms with E-state index < -0.39 is 35.6 Å². The highest BCUT2D eigenvalue weighted by Gasteiger charge is 2.75. The minimum Gasteiger partial charge on any atom is -0.466 e. The fraction of sp³-hybridized carbons (Fsp3) is 0.607. The third-order valence-corrected chi connectivity index (χ3v) is 7.88. The van der Waals surface area contributed by atoms with Crippen LogP contribution in [-0.4, -0.2) is 71.8 Å². The normalized spacial score (nSPS) is 28.3. The summed E-state index contributed by atoms with van der Waals surface area (Å²) in [6.45, 7) is 10.5. The fourth-order valence-corrected chi connectivity index (χ4v) is 6.34. The predicted molar refractivity (Wildman–Crippen MR) is 135 cm³/mol. The van der Waals surface area contributed by atoms with Crippen LogP contribution in [0.4, 0.5) is 5.69 Å². The highest BCUT2D eigenvalue weighted by Crippen LogP contribution is 2.59. The lowest BCUT2D eigenvalue weighted by molar-refractivity contribution is -0.154. The summed E-state index contributed by atoms with van der Waals surface area (Å²) in [5, 5.41) is 9.20. The zero-order chi connectivity index (χ0) is 26.0. The van der Waals surface area contributed by atoms with E-state index in [-0.39, 0.29) is 31.6 Å². The summed E-state index contributed by atoms with van der Waals surface area (Å²) in [6.07, 6.45) is 4.44. The molecule has 0 saturated carbocycles. The number of aliphatic hydroxyl groups excluding tert-OH is 1. The van der Waals surface area contributed by atoms with Gasteiger partial charge < -0.3 is 24.4 Å². The van der Waals surface area contributed by atoms with Crippen LogP contribution in [-0.2, 0) is 23.9 Å². The minimum atomic E-state index is -1.05. The molecule has 1 N–H and O–H groups in total. The van der Waals surface area contributed by atoms with Crippen molar-refractivity contribution in [1.82, 2.24) is 4.90 Å². The van der Waals surface area contributed by atoms with Gasteiger partial charge in [0.05, 0.1) is 24.5 Å². The Balaban J connectivity index is 1.75. The van der Waals surface area contributed by atoms with E-state index in [0.717, 1.165) is 23.2 Å². The molecule has 2 amide bonds. The summed E-state index contributed by atoms with van der Waals surface area (Å²) in [5.41, 5.74) is 1.70. The molecule has 196 valence electrons. The van der Waals surface area contributed by atoms with Gasteiger partial charge in [-0.05, 0) is 70.1 Å². The second-order valence-corrected chi connectivity index (χ2v) is 10.2. The minimum absolute atomic E-state index is 0.0817. The van der Waals surface area contributed by atoms with Crippen LogP contribution in [0, 0.1) is 25.7 Å². The zero-order valence-electron chi connectivity index (χ0n) is 21.6. The van der Waals surface area contributed by atoms with Gasteiger partial charge in [0.25, 0.3) is 5.91 Å². The van der Waals surface area contributed by atoms with E-state index in [1.807, 2.05) is 32.0 Å². The van der Waals surface area contributed by atoms with E-state index in [2.05, 4.69) is 6.58 Å². The molecule has 8 heteroatoms. The molecule has 1 aromatic carbocycles. The quantitative estimate of drug-likeness (QED) is 0.286. The highest BCUT2D eigenvalue weighted by molar-refractivity contribution is 6.05. The SMILES string of the molecule is C=CCN(C(=O)[C@H]1N(CCCCCO)C(=O)[C@@H]2[C@@H](C(=O)OCC)[C@H]3CC[C@]21O3)c1cc(C)ccc1C. The summed E-state index contributed by atoms with van der Waals surface area (Å²) in [7, 11) is 0. The van der Waals surface area contributed by atoms with Gasteiger partial charge in [-0.15, -0.1) is 6.58 Å². The van der Waals surface area contributed by atoms with E-state index in [0.29, 0.717) is 32.2 Å². The standard InChI is InChI=1S/C28H38N2O6/c1-5-14-29(20-17-18(3)10-11-19(20)4)26(33)24-28-13-12-21(36-28)22(27(34)35-6-2)23(28)25(32)30(24)15-8-7-9-16-31/h5,10-11,17,21-24,31H,1,6-9,12-16H2,2-4H3/t21-,22+,23+,24-,28+/m1/s1. The van der Waals surface area contributed by atoms with Crippen molar-refractivity contribution < 1.29 is 29.0 Å². The van der Waals surface area contributed by atoms with Crippen LogP contribution in [0.5, 0.6) is 0 Å². The number of ether oxygens (including phenoxy) is 2. The van der Waals surface area contributed by atoms with Gasteiger partial charge in [-0.2, -0.15) is 0 Å². The first-order valence-corrected chi connectivity index (χ1v) is 13.1. The third-order valence-electron chi connectivity index (χ3n) is 7.88. The number of nitrogens with zero attached hydrogens (tertiary/aromatic N) is 2. The molecule has 3 aliphatic heterocycles. The number of carbonyl (C=O) groups is 3. The van der Waals surface area contributed by atoms with Crippen molar-refractivity contribution >= 4 is 23.5 Å². The van der Waals surface area contributed by atoms with Crippen molar-refractivity contribution in [3.63, 3.8) is 0 Å². The topological polar surface area (TPSA) is 96.4 Å². The van der Waals surface area contributed by atoms with Gasteiger partial charge in [0, 0.05) is 25.4 Å². The van der Waals surface area contributed by atoms with Gasteiger partial charge in [0.2, 0.25) is 5.91 Å². The number of anilines is 1. The summed E-state index contributed by atoms with van der Waals surface area (Å²) in [6, 6.07) is 5.12. The number of carbonyl (C=O) groups excluding carboxylic acids is 3. The number of rotatable bonds is 11. The van der Waals surface area contributed by atoms with Gasteiger partial charge in [-0.1, -0.05) is 18.2 Å². The Labute approximate surface area is 213 Å². The number of unbranched alkanes of at least 4 members (excludes halogenated alkanes) is 2. The first-order chi connectivity index (χ1) is 17.3. The van der Waals surface area contributed by atoms with E-state index in [1.54, 1.807) is 22.8 Å². The molecule has 0 aliphatic carbocycles. The molecule has 0 aromatic heterocycles. The van der Waals surface area contributed by atoms with Crippen LogP contribution in [0.25, 0.3) is 0 Å². The molecule has 36 heavy (non-hydrogen) atoms. The molecule has 2 bridgehead atoms. The number of hydrogen-bond donors (Lipinski definition) is 1. The molecule has 0 radical (unpaired) electrons. The number of likely N-dealkylation sites (tertiary alicyclic amines) is 1. The van der Waals surface area contributed by atoms with Crippen LogP contribution in [0.3, 0.4) is 0 Å². The van der Waals surface area contributed by atoms with E-state index >= 15 is 0 Å². The first kappa shape index (κ1) is 26.4. The Morgan fingerprint density at radius 1 is 1.31 bits per heavy atom. The molecule has 3 aliphatic rings. The Hall–Kier alpha value is -2.71. The van der Waals surface area contributed by atoms with E-state index in [4.69, 9.17) is 9.47 Å².